The monoisotopic (exact) mass is 630 g/mol. The van der Waals surface area contributed by atoms with Gasteiger partial charge in [-0.05, 0) is 89.1 Å². The minimum absolute atomic E-state index is 0.0270. The molecule has 1 aliphatic heterocycles. The first-order valence-corrected chi connectivity index (χ1v) is 16.1. The summed E-state index contributed by atoms with van der Waals surface area (Å²) in [4.78, 5) is 7.18. The van der Waals surface area contributed by atoms with E-state index >= 15 is 0 Å². The van der Waals surface area contributed by atoms with Crippen molar-refractivity contribution in [2.45, 2.75) is 89.1 Å². The molecule has 2 aromatic heterocycles. The Labute approximate surface area is 268 Å². The molecule has 3 heterocycles. The number of nitrogens with one attached hydrogen (secondary N) is 2. The molecule has 2 aromatic carbocycles. The van der Waals surface area contributed by atoms with Gasteiger partial charge in [-0.15, -0.1) is 5.10 Å². The van der Waals surface area contributed by atoms with Crippen LogP contribution in [-0.2, 0) is 0 Å². The van der Waals surface area contributed by atoms with Gasteiger partial charge in [-0.3, -0.25) is 9.88 Å². The van der Waals surface area contributed by atoms with Crippen LogP contribution in [0.4, 0.5) is 15.8 Å². The molecule has 9 nitrogen and oxygen atoms in total. The third-order valence-electron chi connectivity index (χ3n) is 9.17. The predicted octanol–water partition coefficient (Wildman–Crippen LogP) is 6.84. The number of hydrogen-bond donors (Lipinski definition) is 3. The lowest BCUT2D eigenvalue weighted by Crippen LogP contribution is -2.46. The van der Waals surface area contributed by atoms with Crippen LogP contribution < -0.4 is 10.6 Å². The number of anilines is 2. The summed E-state index contributed by atoms with van der Waals surface area (Å²) in [7, 11) is 0. The van der Waals surface area contributed by atoms with Gasteiger partial charge in [-0.2, -0.15) is 5.26 Å². The van der Waals surface area contributed by atoms with Crippen molar-refractivity contribution in [2.75, 3.05) is 23.7 Å². The highest BCUT2D eigenvalue weighted by Crippen LogP contribution is 2.38. The first-order chi connectivity index (χ1) is 21.6. The molecule has 0 bridgehead atoms. The zero-order valence-corrected chi connectivity index (χ0v) is 26.7. The number of fused-ring (bicyclic) bond motifs is 1. The number of nitrogens with zero attached hydrogens (tertiary/aromatic N) is 6. The number of aromatic nitrogens is 4. The molecular weight excluding hydrogens is 591 g/mol. The Balaban J connectivity index is 1.35. The van der Waals surface area contributed by atoms with Crippen molar-refractivity contribution in [1.82, 2.24) is 24.9 Å². The Kier molecular flexibility index (Phi) is 8.96. The number of rotatable bonds is 7. The van der Waals surface area contributed by atoms with Gasteiger partial charge in [-0.1, -0.05) is 28.9 Å². The van der Waals surface area contributed by atoms with E-state index in [9.17, 15) is 14.8 Å². The van der Waals surface area contributed by atoms with E-state index in [1.165, 1.54) is 12.1 Å². The number of aliphatic hydroxyl groups is 1. The van der Waals surface area contributed by atoms with Crippen LogP contribution >= 0.6 is 11.6 Å². The van der Waals surface area contributed by atoms with E-state index in [1.807, 2.05) is 16.9 Å². The van der Waals surface area contributed by atoms with E-state index in [0.29, 0.717) is 45.0 Å². The van der Waals surface area contributed by atoms with Crippen molar-refractivity contribution in [3.8, 4) is 6.07 Å². The van der Waals surface area contributed by atoms with Crippen LogP contribution in [0.1, 0.15) is 88.2 Å². The lowest BCUT2D eigenvalue weighted by atomic mass is 9.92. The highest BCUT2D eigenvalue weighted by Gasteiger charge is 2.29. The minimum atomic E-state index is -0.474. The topological polar surface area (TPSA) is 115 Å². The zero-order valence-electron chi connectivity index (χ0n) is 26.0. The number of halogens is 2. The molecule has 0 radical (unpaired) electrons. The van der Waals surface area contributed by atoms with Crippen molar-refractivity contribution in [3.05, 3.63) is 76.5 Å². The van der Waals surface area contributed by atoms with Crippen LogP contribution in [0.2, 0.25) is 5.02 Å². The number of hydrogen-bond acceptors (Lipinski definition) is 8. The lowest BCUT2D eigenvalue weighted by molar-refractivity contribution is 0.0866. The predicted molar refractivity (Wildman–Crippen MR) is 175 cm³/mol. The van der Waals surface area contributed by atoms with Gasteiger partial charge >= 0.3 is 0 Å². The second-order valence-electron chi connectivity index (χ2n) is 13.3. The molecule has 3 atom stereocenters. The summed E-state index contributed by atoms with van der Waals surface area (Å²) in [6.07, 6.45) is 8.33. The Hall–Kier alpha value is -3.78. The molecule has 1 saturated carbocycles. The maximum Gasteiger partial charge on any atom is 0.123 e. The van der Waals surface area contributed by atoms with Crippen molar-refractivity contribution in [1.29, 1.82) is 5.26 Å². The van der Waals surface area contributed by atoms with Gasteiger partial charge in [0.05, 0.1) is 46.8 Å². The van der Waals surface area contributed by atoms with Gasteiger partial charge in [0.1, 0.15) is 17.6 Å². The smallest absolute Gasteiger partial charge is 0.123 e. The molecule has 3 N–H and O–H groups in total. The Morgan fingerprint density at radius 3 is 2.56 bits per heavy atom. The molecule has 1 saturated heterocycles. The first-order valence-electron chi connectivity index (χ1n) is 15.7. The lowest BCUT2D eigenvalue weighted by Gasteiger charge is -2.40. The van der Waals surface area contributed by atoms with Gasteiger partial charge in [0.15, 0.2) is 0 Å². The number of likely N-dealkylation sites (tertiary alicyclic amines) is 1. The van der Waals surface area contributed by atoms with E-state index in [2.05, 4.69) is 57.7 Å². The molecule has 2 fully saturated rings. The van der Waals surface area contributed by atoms with Gasteiger partial charge in [-0.25, -0.2) is 9.07 Å². The van der Waals surface area contributed by atoms with Crippen LogP contribution in [0.25, 0.3) is 10.9 Å². The normalized spacial score (nSPS) is 20.6. The number of pyridine rings is 1. The molecule has 2 aliphatic rings. The van der Waals surface area contributed by atoms with E-state index in [0.717, 1.165) is 50.8 Å². The molecule has 4 aromatic rings. The van der Waals surface area contributed by atoms with Crippen molar-refractivity contribution >= 4 is 33.9 Å². The average molecular weight is 631 g/mol. The van der Waals surface area contributed by atoms with E-state index in [1.54, 1.807) is 24.4 Å². The van der Waals surface area contributed by atoms with Gasteiger partial charge < -0.3 is 15.7 Å². The van der Waals surface area contributed by atoms with Crippen LogP contribution in [0.15, 0.2) is 48.8 Å². The summed E-state index contributed by atoms with van der Waals surface area (Å²) in [5, 5.41) is 37.6. The third-order valence-corrected chi connectivity index (χ3v) is 9.38. The summed E-state index contributed by atoms with van der Waals surface area (Å²) in [5.41, 5.74) is 3.97. The standard InChI is InChI=1S/C34H40ClFN8O/c1-34(2,3)43-13-11-26(12-14-43)44-20-30(41-42-44)32(21-7-9-24(36)10-8-21)40-29-16-23(35)15-28-31(22(18-37)19-38-33(28)29)39-25-5-4-6-27(45)17-25/h7-10,15-16,19-20,25-27,32,40,45H,4-6,11-14,17H2,1-3H3,(H,38,39)/t25?,27?,32-/m0/s1. The highest BCUT2D eigenvalue weighted by molar-refractivity contribution is 6.32. The molecule has 0 spiro atoms. The van der Waals surface area contributed by atoms with Gasteiger partial charge in [0.2, 0.25) is 0 Å². The molecule has 45 heavy (non-hydrogen) atoms. The van der Waals surface area contributed by atoms with E-state index in [4.69, 9.17) is 11.6 Å². The molecule has 11 heteroatoms. The van der Waals surface area contributed by atoms with Crippen molar-refractivity contribution < 1.29 is 9.50 Å². The highest BCUT2D eigenvalue weighted by atomic mass is 35.5. The fourth-order valence-corrected chi connectivity index (χ4v) is 6.88. The van der Waals surface area contributed by atoms with Gasteiger partial charge in [0, 0.05) is 41.3 Å². The minimum Gasteiger partial charge on any atom is -0.393 e. The van der Waals surface area contributed by atoms with Crippen LogP contribution in [0.5, 0.6) is 0 Å². The Bertz CT molecular complexity index is 1690. The maximum atomic E-state index is 14.0. The quantitative estimate of drug-likeness (QED) is 0.203. The second-order valence-corrected chi connectivity index (χ2v) is 13.7. The van der Waals surface area contributed by atoms with Crippen LogP contribution in [0, 0.1) is 17.1 Å². The molecule has 236 valence electrons. The molecular formula is C34H40ClFN8O. The number of benzene rings is 2. The van der Waals surface area contributed by atoms with Crippen LogP contribution in [-0.4, -0.2) is 60.8 Å². The second kappa shape index (κ2) is 12.9. The first kappa shape index (κ1) is 31.2. The number of aliphatic hydroxyl groups excluding tert-OH is 1. The van der Waals surface area contributed by atoms with Gasteiger partial charge in [0.25, 0.3) is 0 Å². The summed E-state index contributed by atoms with van der Waals surface area (Å²) in [6.45, 7) is 8.71. The Morgan fingerprint density at radius 2 is 1.87 bits per heavy atom. The number of nitriles is 1. The molecule has 1 aliphatic carbocycles. The average Bonchev–Trinajstić information content (AvgIpc) is 3.50. The third kappa shape index (κ3) is 6.91. The SMILES string of the molecule is CC(C)(C)N1CCC(n2cc([C@@H](Nc3cc(Cl)cc4c(NC5CCCC(O)C5)c(C#N)cnc34)c3ccc(F)cc3)nn2)CC1. The summed E-state index contributed by atoms with van der Waals surface area (Å²) >= 11 is 6.70. The maximum absolute atomic E-state index is 14.0. The van der Waals surface area contributed by atoms with Crippen molar-refractivity contribution in [3.63, 3.8) is 0 Å². The molecule has 0 amide bonds. The van der Waals surface area contributed by atoms with E-state index < -0.39 is 6.04 Å². The fourth-order valence-electron chi connectivity index (χ4n) is 6.66. The van der Waals surface area contributed by atoms with E-state index in [-0.39, 0.29) is 29.5 Å². The summed E-state index contributed by atoms with van der Waals surface area (Å²) in [6, 6.07) is 12.0. The fraction of sp³-hybridized carbons (Fsp3) is 0.471. The zero-order chi connectivity index (χ0) is 31.7. The molecule has 2 unspecified atom stereocenters. The summed E-state index contributed by atoms with van der Waals surface area (Å²) in [5.74, 6) is -0.325. The summed E-state index contributed by atoms with van der Waals surface area (Å²) < 4.78 is 16.0. The van der Waals surface area contributed by atoms with Crippen molar-refractivity contribution in [2.24, 2.45) is 0 Å². The van der Waals surface area contributed by atoms with Crippen LogP contribution in [0.3, 0.4) is 0 Å². The number of piperidine rings is 1. The largest absolute Gasteiger partial charge is 0.393 e. The molecule has 6 rings (SSSR count). The Morgan fingerprint density at radius 1 is 1.11 bits per heavy atom.